The highest BCUT2D eigenvalue weighted by Crippen LogP contribution is 2.20. The van der Waals surface area contributed by atoms with E-state index in [9.17, 15) is 4.79 Å². The molecule has 2 aromatic carbocycles. The molecule has 0 unspecified atom stereocenters. The van der Waals surface area contributed by atoms with Crippen molar-refractivity contribution >= 4 is 22.6 Å². The zero-order valence-corrected chi connectivity index (χ0v) is 15.1. The molecule has 4 N–H and O–H groups in total. The van der Waals surface area contributed by atoms with Crippen LogP contribution in [0.25, 0.3) is 10.9 Å². The minimum absolute atomic E-state index is 0.0485. The number of anilines is 1. The molecule has 0 atom stereocenters. The highest BCUT2D eigenvalue weighted by molar-refractivity contribution is 5.96. The fourth-order valence-electron chi connectivity index (χ4n) is 2.94. The van der Waals surface area contributed by atoms with Crippen LogP contribution < -0.4 is 15.8 Å². The van der Waals surface area contributed by atoms with Crippen LogP contribution in [-0.2, 0) is 6.42 Å². The number of carbonyl (C=O) groups excluding carboxylic acids is 1. The van der Waals surface area contributed by atoms with Crippen LogP contribution in [0, 0.1) is 0 Å². The van der Waals surface area contributed by atoms with Gasteiger partial charge < -0.3 is 20.8 Å². The average Bonchev–Trinajstić information content (AvgIpc) is 3.13. The summed E-state index contributed by atoms with van der Waals surface area (Å²) in [5.74, 6) is 0.489. The molecule has 0 aliphatic heterocycles. The fraction of sp³-hybridized carbons (Fsp3) is 0.0952. The number of aromatic amines is 1. The van der Waals surface area contributed by atoms with Crippen LogP contribution in [0.5, 0.6) is 11.6 Å². The zero-order valence-electron chi connectivity index (χ0n) is 15.1. The molecule has 7 nitrogen and oxygen atoms in total. The van der Waals surface area contributed by atoms with Crippen LogP contribution in [0.4, 0.5) is 5.82 Å². The van der Waals surface area contributed by atoms with Gasteiger partial charge in [0.25, 0.3) is 5.91 Å². The molecule has 140 valence electrons. The van der Waals surface area contributed by atoms with Gasteiger partial charge in [-0.1, -0.05) is 36.4 Å². The minimum Gasteiger partial charge on any atom is -0.437 e. The molecule has 4 aromatic rings. The van der Waals surface area contributed by atoms with E-state index in [1.54, 1.807) is 12.1 Å². The number of nitrogen functional groups attached to an aromatic ring is 1. The molecule has 0 saturated carbocycles. The molecule has 0 aliphatic rings. The Kier molecular flexibility index (Phi) is 4.88. The number of hydrogen-bond acceptors (Lipinski definition) is 5. The van der Waals surface area contributed by atoms with Crippen molar-refractivity contribution in [3.63, 3.8) is 0 Å². The van der Waals surface area contributed by atoms with Crippen molar-refractivity contribution in [1.82, 2.24) is 20.3 Å². The highest BCUT2D eigenvalue weighted by Gasteiger charge is 2.15. The lowest BCUT2D eigenvalue weighted by molar-refractivity contribution is 0.0949. The summed E-state index contributed by atoms with van der Waals surface area (Å²) in [6.45, 7) is 0.450. The molecule has 0 fully saturated rings. The maximum Gasteiger partial charge on any atom is 0.273 e. The molecule has 0 aliphatic carbocycles. The summed E-state index contributed by atoms with van der Waals surface area (Å²) in [5, 5.41) is 3.99. The number of para-hydroxylation sites is 2. The molecular weight excluding hydrogens is 354 g/mol. The number of H-pyrrole nitrogens is 1. The number of fused-ring (bicyclic) bond motifs is 1. The summed E-state index contributed by atoms with van der Waals surface area (Å²) in [6, 6.07) is 17.2. The molecule has 0 saturated heterocycles. The van der Waals surface area contributed by atoms with E-state index < -0.39 is 0 Å². The molecule has 28 heavy (non-hydrogen) atoms. The van der Waals surface area contributed by atoms with E-state index >= 15 is 0 Å². The average molecular weight is 373 g/mol. The molecule has 4 rings (SSSR count). The van der Waals surface area contributed by atoms with Gasteiger partial charge in [-0.2, -0.15) is 0 Å². The number of carbonyl (C=O) groups is 1. The Hall–Kier alpha value is -3.87. The molecule has 7 heteroatoms. The largest absolute Gasteiger partial charge is 0.437 e. The maximum atomic E-state index is 12.5. The van der Waals surface area contributed by atoms with Crippen molar-refractivity contribution in [1.29, 1.82) is 0 Å². The summed E-state index contributed by atoms with van der Waals surface area (Å²) >= 11 is 0. The lowest BCUT2D eigenvalue weighted by Crippen LogP contribution is -2.27. The van der Waals surface area contributed by atoms with Gasteiger partial charge in [-0.15, -0.1) is 0 Å². The van der Waals surface area contributed by atoms with Gasteiger partial charge in [0.05, 0.1) is 6.20 Å². The Morgan fingerprint density at radius 1 is 1.11 bits per heavy atom. The van der Waals surface area contributed by atoms with Crippen molar-refractivity contribution in [2.24, 2.45) is 0 Å². The van der Waals surface area contributed by atoms with E-state index in [2.05, 4.69) is 26.3 Å². The Morgan fingerprint density at radius 2 is 1.89 bits per heavy atom. The van der Waals surface area contributed by atoms with Gasteiger partial charge in [0.1, 0.15) is 5.75 Å². The van der Waals surface area contributed by atoms with E-state index in [-0.39, 0.29) is 23.3 Å². The normalized spacial score (nSPS) is 10.7. The summed E-state index contributed by atoms with van der Waals surface area (Å²) in [5.41, 5.74) is 8.09. The summed E-state index contributed by atoms with van der Waals surface area (Å²) < 4.78 is 5.62. The number of aromatic nitrogens is 3. The van der Waals surface area contributed by atoms with Crippen LogP contribution >= 0.6 is 0 Å². The van der Waals surface area contributed by atoms with Gasteiger partial charge in [0, 0.05) is 23.6 Å². The number of benzene rings is 2. The molecule has 0 radical (unpaired) electrons. The standard InChI is InChI=1S/C21H19N5O2/c22-20-19(26-18(13-25-20)28-15-6-2-1-3-7-15)21(27)23-11-10-14-12-24-17-9-5-4-8-16(14)17/h1-9,12-13,24H,10-11H2,(H2,22,25)(H,23,27). The topological polar surface area (TPSA) is 106 Å². The second kappa shape index (κ2) is 7.79. The first-order valence-electron chi connectivity index (χ1n) is 8.89. The van der Waals surface area contributed by atoms with Crippen LogP contribution in [0.15, 0.2) is 67.0 Å². The number of hydrogen-bond donors (Lipinski definition) is 3. The maximum absolute atomic E-state index is 12.5. The number of nitrogens with zero attached hydrogens (tertiary/aromatic N) is 2. The lowest BCUT2D eigenvalue weighted by Gasteiger charge is -2.09. The van der Waals surface area contributed by atoms with Gasteiger partial charge in [-0.3, -0.25) is 4.79 Å². The predicted molar refractivity (Wildman–Crippen MR) is 107 cm³/mol. The molecule has 0 spiro atoms. The lowest BCUT2D eigenvalue weighted by atomic mass is 10.1. The third-order valence-corrected chi connectivity index (χ3v) is 4.31. The first-order chi connectivity index (χ1) is 13.7. The molecule has 2 heterocycles. The Morgan fingerprint density at radius 3 is 2.75 bits per heavy atom. The second-order valence-electron chi connectivity index (χ2n) is 6.22. The number of nitrogens with two attached hydrogens (primary N) is 1. The smallest absolute Gasteiger partial charge is 0.273 e. The second-order valence-corrected chi connectivity index (χ2v) is 6.22. The van der Waals surface area contributed by atoms with Crippen molar-refractivity contribution in [2.45, 2.75) is 6.42 Å². The van der Waals surface area contributed by atoms with E-state index in [1.807, 2.05) is 42.6 Å². The number of amides is 1. The van der Waals surface area contributed by atoms with E-state index in [1.165, 1.54) is 6.20 Å². The molecule has 0 bridgehead atoms. The van der Waals surface area contributed by atoms with Crippen LogP contribution in [0.1, 0.15) is 16.1 Å². The van der Waals surface area contributed by atoms with E-state index in [4.69, 9.17) is 10.5 Å². The van der Waals surface area contributed by atoms with Crippen molar-refractivity contribution in [2.75, 3.05) is 12.3 Å². The van der Waals surface area contributed by atoms with E-state index in [0.717, 1.165) is 16.5 Å². The number of rotatable bonds is 6. The van der Waals surface area contributed by atoms with Crippen molar-refractivity contribution in [3.05, 3.63) is 78.2 Å². The van der Waals surface area contributed by atoms with Gasteiger partial charge in [0.2, 0.25) is 5.88 Å². The van der Waals surface area contributed by atoms with Gasteiger partial charge in [0.15, 0.2) is 11.5 Å². The quantitative estimate of drug-likeness (QED) is 0.481. The van der Waals surface area contributed by atoms with Gasteiger partial charge in [-0.05, 0) is 30.2 Å². The van der Waals surface area contributed by atoms with Crippen molar-refractivity contribution in [3.8, 4) is 11.6 Å². The predicted octanol–water partition coefficient (Wildman–Crippen LogP) is 3.30. The summed E-state index contributed by atoms with van der Waals surface area (Å²) in [6.07, 6.45) is 4.04. The van der Waals surface area contributed by atoms with Gasteiger partial charge >= 0.3 is 0 Å². The third-order valence-electron chi connectivity index (χ3n) is 4.31. The van der Waals surface area contributed by atoms with E-state index in [0.29, 0.717) is 18.7 Å². The zero-order chi connectivity index (χ0) is 19.3. The monoisotopic (exact) mass is 373 g/mol. The SMILES string of the molecule is Nc1ncc(Oc2ccccc2)nc1C(=O)NCCc1c[nH]c2ccccc12. The Bertz CT molecular complexity index is 1110. The third kappa shape index (κ3) is 3.78. The summed E-state index contributed by atoms with van der Waals surface area (Å²) in [7, 11) is 0. The molecular formula is C21H19N5O2. The van der Waals surface area contributed by atoms with Crippen molar-refractivity contribution < 1.29 is 9.53 Å². The molecule has 1 amide bonds. The highest BCUT2D eigenvalue weighted by atomic mass is 16.5. The van der Waals surface area contributed by atoms with Crippen LogP contribution in [0.3, 0.4) is 0 Å². The first-order valence-corrected chi connectivity index (χ1v) is 8.89. The van der Waals surface area contributed by atoms with Crippen LogP contribution in [0.2, 0.25) is 0 Å². The van der Waals surface area contributed by atoms with Crippen LogP contribution in [-0.4, -0.2) is 27.4 Å². The van der Waals surface area contributed by atoms with Gasteiger partial charge in [-0.25, -0.2) is 9.97 Å². The summed E-state index contributed by atoms with van der Waals surface area (Å²) in [4.78, 5) is 24.0. The Labute approximate surface area is 161 Å². The number of nitrogens with one attached hydrogen (secondary N) is 2. The fourth-order valence-corrected chi connectivity index (χ4v) is 2.94. The Balaban J connectivity index is 1.42. The first kappa shape index (κ1) is 17.5. The molecule has 2 aromatic heterocycles. The minimum atomic E-state index is -0.386. The number of ether oxygens (including phenoxy) is 1.